The fourth-order valence-corrected chi connectivity index (χ4v) is 2.33. The summed E-state index contributed by atoms with van der Waals surface area (Å²) in [5.74, 6) is 0. The van der Waals surface area contributed by atoms with Gasteiger partial charge in [-0.25, -0.2) is 4.98 Å². The fraction of sp³-hybridized carbons (Fsp3) is 0.636. The molecule has 0 aliphatic carbocycles. The zero-order valence-electron chi connectivity index (χ0n) is 10.1. The van der Waals surface area contributed by atoms with Crippen LogP contribution in [0.25, 0.3) is 0 Å². The van der Waals surface area contributed by atoms with Gasteiger partial charge in [-0.2, -0.15) is 0 Å². The van der Waals surface area contributed by atoms with Crippen molar-refractivity contribution in [2.45, 2.75) is 6.10 Å². The summed E-state index contributed by atoms with van der Waals surface area (Å²) >= 11 is 1.61. The Balaban J connectivity index is 0.000000138. The summed E-state index contributed by atoms with van der Waals surface area (Å²) in [6, 6.07) is 0. The maximum atomic E-state index is 10.0. The van der Waals surface area contributed by atoms with Gasteiger partial charge in [-0.15, -0.1) is 11.3 Å². The lowest BCUT2D eigenvalue weighted by molar-refractivity contribution is -0.121. The van der Waals surface area contributed by atoms with Gasteiger partial charge >= 0.3 is 0 Å². The summed E-state index contributed by atoms with van der Waals surface area (Å²) in [6.45, 7) is 4.38. The Labute approximate surface area is 110 Å². The van der Waals surface area contributed by atoms with Crippen molar-refractivity contribution < 1.29 is 14.6 Å². The molecule has 7 heteroatoms. The number of morpholine rings is 1. The SMILES string of the molecule is O=CN1CCOCC1.OC1CN(c2nccs2)C1. The number of ether oxygens (including phenoxy) is 1. The minimum absolute atomic E-state index is 0.135. The highest BCUT2D eigenvalue weighted by molar-refractivity contribution is 7.13. The third kappa shape index (κ3) is 3.66. The monoisotopic (exact) mass is 271 g/mol. The van der Waals surface area contributed by atoms with Crippen LogP contribution in [-0.2, 0) is 9.53 Å². The molecule has 0 spiro atoms. The Kier molecular flexibility index (Phi) is 4.91. The maximum Gasteiger partial charge on any atom is 0.209 e. The molecule has 0 bridgehead atoms. The van der Waals surface area contributed by atoms with Crippen LogP contribution < -0.4 is 4.90 Å². The molecule has 2 saturated heterocycles. The lowest BCUT2D eigenvalue weighted by Crippen LogP contribution is -2.50. The number of thiazole rings is 1. The molecule has 0 aromatic carbocycles. The molecule has 2 aliphatic rings. The van der Waals surface area contributed by atoms with E-state index >= 15 is 0 Å². The van der Waals surface area contributed by atoms with Crippen LogP contribution in [0.4, 0.5) is 5.13 Å². The molecule has 2 aliphatic heterocycles. The van der Waals surface area contributed by atoms with E-state index < -0.39 is 0 Å². The molecule has 0 radical (unpaired) electrons. The van der Waals surface area contributed by atoms with Crippen LogP contribution in [0.3, 0.4) is 0 Å². The average Bonchev–Trinajstić information content (AvgIpc) is 2.90. The topological polar surface area (TPSA) is 65.9 Å². The number of hydrogen-bond donors (Lipinski definition) is 1. The lowest BCUT2D eigenvalue weighted by atomic mass is 10.2. The van der Waals surface area contributed by atoms with Crippen LogP contribution >= 0.6 is 11.3 Å². The van der Waals surface area contributed by atoms with E-state index in [0.717, 1.165) is 37.7 Å². The number of β-amino-alcohol motifs (C(OH)–C–C–N with tert-alkyl or cyclic N) is 1. The number of rotatable bonds is 2. The van der Waals surface area contributed by atoms with Crippen molar-refractivity contribution in [1.29, 1.82) is 0 Å². The van der Waals surface area contributed by atoms with Gasteiger partial charge in [0.2, 0.25) is 6.41 Å². The molecule has 1 aromatic rings. The standard InChI is InChI=1S/C6H8N2OS.C5H9NO2/c9-5-3-8(4-5)6-7-1-2-10-6;7-5-6-1-3-8-4-2-6/h1-2,5,9H,3-4H2;5H,1-4H2. The molecule has 18 heavy (non-hydrogen) atoms. The molecule has 1 N–H and O–H groups in total. The van der Waals surface area contributed by atoms with Crippen molar-refractivity contribution in [2.75, 3.05) is 44.3 Å². The van der Waals surface area contributed by atoms with Gasteiger partial charge in [-0.3, -0.25) is 4.79 Å². The smallest absolute Gasteiger partial charge is 0.209 e. The number of carbonyl (C=O) groups excluding carboxylic acids is 1. The van der Waals surface area contributed by atoms with E-state index in [1.165, 1.54) is 0 Å². The first-order chi connectivity index (χ1) is 8.79. The van der Waals surface area contributed by atoms with Gasteiger partial charge in [0, 0.05) is 37.8 Å². The third-order valence-electron chi connectivity index (χ3n) is 2.75. The largest absolute Gasteiger partial charge is 0.389 e. The summed E-state index contributed by atoms with van der Waals surface area (Å²) in [6.07, 6.45) is 2.51. The number of nitrogens with zero attached hydrogens (tertiary/aromatic N) is 3. The van der Waals surface area contributed by atoms with E-state index in [0.29, 0.717) is 13.2 Å². The van der Waals surface area contributed by atoms with Gasteiger partial charge in [-0.1, -0.05) is 0 Å². The zero-order chi connectivity index (χ0) is 12.8. The first kappa shape index (κ1) is 13.3. The Morgan fingerprint density at radius 1 is 1.44 bits per heavy atom. The normalized spacial score (nSPS) is 19.8. The van der Waals surface area contributed by atoms with Crippen molar-refractivity contribution >= 4 is 22.9 Å². The highest BCUT2D eigenvalue weighted by atomic mass is 32.1. The number of amides is 1. The second kappa shape index (κ2) is 6.67. The average molecular weight is 271 g/mol. The zero-order valence-corrected chi connectivity index (χ0v) is 10.9. The molecule has 0 atom stereocenters. The van der Waals surface area contributed by atoms with Gasteiger partial charge < -0.3 is 19.6 Å². The van der Waals surface area contributed by atoms with Crippen LogP contribution in [0.15, 0.2) is 11.6 Å². The highest BCUT2D eigenvalue weighted by Crippen LogP contribution is 2.22. The van der Waals surface area contributed by atoms with Gasteiger partial charge in [0.1, 0.15) is 0 Å². The number of aromatic nitrogens is 1. The number of aliphatic hydroxyl groups excluding tert-OH is 1. The first-order valence-corrected chi connectivity index (χ1v) is 6.77. The molecule has 1 amide bonds. The van der Waals surface area contributed by atoms with Gasteiger partial charge in [0.25, 0.3) is 0 Å². The van der Waals surface area contributed by atoms with Crippen molar-refractivity contribution in [3.05, 3.63) is 11.6 Å². The Hall–Kier alpha value is -1.18. The molecule has 6 nitrogen and oxygen atoms in total. The summed E-state index contributed by atoms with van der Waals surface area (Å²) in [5.41, 5.74) is 0. The van der Waals surface area contributed by atoms with Crippen molar-refractivity contribution in [3.8, 4) is 0 Å². The number of aliphatic hydroxyl groups is 1. The van der Waals surface area contributed by atoms with E-state index in [1.807, 2.05) is 5.38 Å². The van der Waals surface area contributed by atoms with E-state index in [1.54, 1.807) is 22.4 Å². The van der Waals surface area contributed by atoms with E-state index in [9.17, 15) is 4.79 Å². The number of anilines is 1. The molecular formula is C11H17N3O3S. The van der Waals surface area contributed by atoms with E-state index in [4.69, 9.17) is 9.84 Å². The van der Waals surface area contributed by atoms with Gasteiger partial charge in [0.15, 0.2) is 5.13 Å². The third-order valence-corrected chi connectivity index (χ3v) is 3.58. The maximum absolute atomic E-state index is 10.0. The number of carbonyl (C=O) groups is 1. The summed E-state index contributed by atoms with van der Waals surface area (Å²) in [5, 5.41) is 11.9. The Bertz CT molecular complexity index is 348. The van der Waals surface area contributed by atoms with Crippen molar-refractivity contribution in [2.24, 2.45) is 0 Å². The second-order valence-corrected chi connectivity index (χ2v) is 5.00. The number of hydrogen-bond acceptors (Lipinski definition) is 6. The highest BCUT2D eigenvalue weighted by Gasteiger charge is 2.25. The van der Waals surface area contributed by atoms with Gasteiger partial charge in [0.05, 0.1) is 19.3 Å². The minimum Gasteiger partial charge on any atom is -0.389 e. The predicted molar refractivity (Wildman–Crippen MR) is 68.8 cm³/mol. The van der Waals surface area contributed by atoms with Crippen LogP contribution in [0.5, 0.6) is 0 Å². The Morgan fingerprint density at radius 2 is 2.17 bits per heavy atom. The first-order valence-electron chi connectivity index (χ1n) is 5.89. The quantitative estimate of drug-likeness (QED) is 0.755. The minimum atomic E-state index is -0.135. The van der Waals surface area contributed by atoms with Crippen LogP contribution in [0, 0.1) is 0 Å². The lowest BCUT2D eigenvalue weighted by Gasteiger charge is -2.35. The Morgan fingerprint density at radius 3 is 2.61 bits per heavy atom. The summed E-state index contributed by atoms with van der Waals surface area (Å²) < 4.78 is 5.00. The summed E-state index contributed by atoms with van der Waals surface area (Å²) in [7, 11) is 0. The fourth-order valence-electron chi connectivity index (χ4n) is 1.67. The van der Waals surface area contributed by atoms with Crippen LogP contribution in [0.1, 0.15) is 0 Å². The molecular weight excluding hydrogens is 254 g/mol. The van der Waals surface area contributed by atoms with Crippen LogP contribution in [0.2, 0.25) is 0 Å². The molecule has 0 unspecified atom stereocenters. The predicted octanol–water partition coefficient (Wildman–Crippen LogP) is -0.201. The van der Waals surface area contributed by atoms with Crippen LogP contribution in [-0.4, -0.2) is 66.9 Å². The van der Waals surface area contributed by atoms with E-state index in [-0.39, 0.29) is 6.10 Å². The molecule has 1 aromatic heterocycles. The van der Waals surface area contributed by atoms with Crippen molar-refractivity contribution in [3.63, 3.8) is 0 Å². The summed E-state index contributed by atoms with van der Waals surface area (Å²) in [4.78, 5) is 17.9. The van der Waals surface area contributed by atoms with E-state index in [2.05, 4.69) is 9.88 Å². The van der Waals surface area contributed by atoms with Crippen molar-refractivity contribution in [1.82, 2.24) is 9.88 Å². The van der Waals surface area contributed by atoms with Gasteiger partial charge in [-0.05, 0) is 0 Å². The molecule has 2 fully saturated rings. The molecule has 3 rings (SSSR count). The second-order valence-electron chi connectivity index (χ2n) is 4.13. The molecule has 100 valence electrons. The molecule has 3 heterocycles. The molecule has 0 saturated carbocycles.